The molecule has 2 heterocycles. The van der Waals surface area contributed by atoms with Crippen molar-refractivity contribution in [1.82, 2.24) is 15.0 Å². The van der Waals surface area contributed by atoms with Crippen LogP contribution in [-0.2, 0) is 6.54 Å². The van der Waals surface area contributed by atoms with Gasteiger partial charge in [0.1, 0.15) is 17.3 Å². The van der Waals surface area contributed by atoms with Crippen molar-refractivity contribution in [2.24, 2.45) is 0 Å². The van der Waals surface area contributed by atoms with Crippen LogP contribution in [0.15, 0.2) is 70.2 Å². The number of hydrogen-bond acceptors (Lipinski definition) is 5. The van der Waals surface area contributed by atoms with Gasteiger partial charge in [0.05, 0.1) is 16.3 Å². The van der Waals surface area contributed by atoms with Gasteiger partial charge in [0, 0.05) is 24.2 Å². The quantitative estimate of drug-likeness (QED) is 0.435. The third-order valence-corrected chi connectivity index (χ3v) is 5.21. The summed E-state index contributed by atoms with van der Waals surface area (Å²) in [4.78, 5) is 25.1. The summed E-state index contributed by atoms with van der Waals surface area (Å²) in [6, 6.07) is 16.8. The van der Waals surface area contributed by atoms with Gasteiger partial charge in [0.2, 0.25) is 0 Å². The van der Waals surface area contributed by atoms with E-state index in [2.05, 4.69) is 30.9 Å². The number of benzene rings is 2. The number of H-pyrrole nitrogens is 1. The number of para-hydroxylation sites is 1. The molecular formula is C21H16BrClN4O2. The fourth-order valence-electron chi connectivity index (χ4n) is 2.90. The molecule has 0 unspecified atom stereocenters. The van der Waals surface area contributed by atoms with Crippen LogP contribution in [-0.4, -0.2) is 22.0 Å². The molecule has 0 aliphatic rings. The van der Waals surface area contributed by atoms with Crippen molar-refractivity contribution in [1.29, 1.82) is 0 Å². The third-order valence-electron chi connectivity index (χ3n) is 4.36. The molecule has 0 aliphatic heterocycles. The molecule has 6 nitrogen and oxygen atoms in total. The van der Waals surface area contributed by atoms with Crippen LogP contribution in [0.25, 0.3) is 11.0 Å². The highest BCUT2D eigenvalue weighted by Gasteiger charge is 2.12. The van der Waals surface area contributed by atoms with E-state index in [1.54, 1.807) is 18.2 Å². The number of aromatic nitrogens is 3. The lowest BCUT2D eigenvalue weighted by atomic mass is 10.2. The van der Waals surface area contributed by atoms with E-state index >= 15 is 0 Å². The Hall–Kier alpha value is -2.90. The molecule has 0 atom stereocenters. The predicted octanol–water partition coefficient (Wildman–Crippen LogP) is 5.16. The highest BCUT2D eigenvalue weighted by molar-refractivity contribution is 9.10. The van der Waals surface area contributed by atoms with Crippen LogP contribution in [0.1, 0.15) is 5.56 Å². The van der Waals surface area contributed by atoms with Crippen LogP contribution < -0.4 is 15.2 Å². The third kappa shape index (κ3) is 4.26. The first-order chi connectivity index (χ1) is 14.0. The molecule has 0 spiro atoms. The number of anilines is 1. The van der Waals surface area contributed by atoms with Crippen LogP contribution >= 0.6 is 27.5 Å². The lowest BCUT2D eigenvalue weighted by molar-refractivity contribution is 0.473. The molecular weight excluding hydrogens is 456 g/mol. The molecule has 0 saturated carbocycles. The topological polar surface area (TPSA) is 71.1 Å². The summed E-state index contributed by atoms with van der Waals surface area (Å²) in [5.74, 6) is 2.06. The van der Waals surface area contributed by atoms with Crippen molar-refractivity contribution < 1.29 is 4.74 Å². The average molecular weight is 472 g/mol. The van der Waals surface area contributed by atoms with Gasteiger partial charge in [-0.1, -0.05) is 29.8 Å². The second-order valence-electron chi connectivity index (χ2n) is 6.41. The van der Waals surface area contributed by atoms with Gasteiger partial charge >= 0.3 is 0 Å². The largest absolute Gasteiger partial charge is 0.456 e. The Balaban J connectivity index is 1.61. The van der Waals surface area contributed by atoms with Gasteiger partial charge in [-0.25, -0.2) is 9.97 Å². The van der Waals surface area contributed by atoms with Gasteiger partial charge < -0.3 is 14.6 Å². The molecule has 4 rings (SSSR count). The second-order valence-corrected chi connectivity index (χ2v) is 7.70. The molecule has 0 radical (unpaired) electrons. The van der Waals surface area contributed by atoms with E-state index in [1.165, 1.54) is 6.33 Å². The number of ether oxygens (including phenoxy) is 1. The number of fused-ring (bicyclic) bond motifs is 1. The molecule has 8 heteroatoms. The fourth-order valence-corrected chi connectivity index (χ4v) is 3.66. The lowest BCUT2D eigenvalue weighted by Gasteiger charge is -2.20. The lowest BCUT2D eigenvalue weighted by Crippen LogP contribution is -2.19. The van der Waals surface area contributed by atoms with Crippen LogP contribution in [0.2, 0.25) is 5.02 Å². The van der Waals surface area contributed by atoms with Crippen molar-refractivity contribution in [3.63, 3.8) is 0 Å². The zero-order chi connectivity index (χ0) is 20.4. The number of nitrogens with one attached hydrogen (secondary N) is 1. The number of aromatic amines is 1. The minimum Gasteiger partial charge on any atom is -0.456 e. The fraction of sp³-hybridized carbons (Fsp3) is 0.0952. The van der Waals surface area contributed by atoms with E-state index in [0.717, 1.165) is 15.8 Å². The summed E-state index contributed by atoms with van der Waals surface area (Å²) in [6.07, 6.45) is 1.37. The highest BCUT2D eigenvalue weighted by atomic mass is 79.9. The van der Waals surface area contributed by atoms with Crippen molar-refractivity contribution in [2.45, 2.75) is 6.54 Å². The normalized spacial score (nSPS) is 10.9. The van der Waals surface area contributed by atoms with Gasteiger partial charge in [-0.3, -0.25) is 4.79 Å². The van der Waals surface area contributed by atoms with Crippen LogP contribution in [0.3, 0.4) is 0 Å². The molecule has 29 heavy (non-hydrogen) atoms. The molecule has 0 aliphatic carbocycles. The summed E-state index contributed by atoms with van der Waals surface area (Å²) in [6.45, 7) is 0.540. The van der Waals surface area contributed by atoms with E-state index in [4.69, 9.17) is 16.3 Å². The zero-order valence-corrected chi connectivity index (χ0v) is 17.7. The van der Waals surface area contributed by atoms with Gasteiger partial charge in [-0.05, 0) is 52.3 Å². The van der Waals surface area contributed by atoms with Crippen molar-refractivity contribution in [3.8, 4) is 11.5 Å². The minimum atomic E-state index is -0.262. The van der Waals surface area contributed by atoms with E-state index < -0.39 is 0 Å². The van der Waals surface area contributed by atoms with E-state index in [-0.39, 0.29) is 5.56 Å². The average Bonchev–Trinajstić information content (AvgIpc) is 2.71. The first-order valence-corrected chi connectivity index (χ1v) is 9.95. The summed E-state index contributed by atoms with van der Waals surface area (Å²) in [5.41, 5.74) is 1.58. The number of hydrogen-bond donors (Lipinski definition) is 1. The van der Waals surface area contributed by atoms with Crippen LogP contribution in [0.4, 0.5) is 5.82 Å². The number of halogens is 2. The second kappa shape index (κ2) is 8.23. The van der Waals surface area contributed by atoms with Crippen molar-refractivity contribution in [2.75, 3.05) is 11.9 Å². The molecule has 0 bridgehead atoms. The summed E-state index contributed by atoms with van der Waals surface area (Å²) < 4.78 is 6.88. The SMILES string of the molecule is CN(Cc1ccccc1Oc1ccc(Cl)cc1Br)c1ccc2nc[nH]c(=O)c2n1. The van der Waals surface area contributed by atoms with Crippen molar-refractivity contribution in [3.05, 3.63) is 86.3 Å². The maximum absolute atomic E-state index is 12.0. The zero-order valence-electron chi connectivity index (χ0n) is 15.4. The minimum absolute atomic E-state index is 0.262. The number of pyridine rings is 1. The number of nitrogens with zero attached hydrogens (tertiary/aromatic N) is 3. The van der Waals surface area contributed by atoms with E-state index in [9.17, 15) is 4.79 Å². The summed E-state index contributed by atoms with van der Waals surface area (Å²) >= 11 is 9.49. The Morgan fingerprint density at radius 3 is 2.79 bits per heavy atom. The predicted molar refractivity (Wildman–Crippen MR) is 118 cm³/mol. The maximum atomic E-state index is 12.0. The highest BCUT2D eigenvalue weighted by Crippen LogP contribution is 2.34. The summed E-state index contributed by atoms with van der Waals surface area (Å²) in [7, 11) is 1.91. The first kappa shape index (κ1) is 19.4. The molecule has 146 valence electrons. The van der Waals surface area contributed by atoms with E-state index in [1.807, 2.05) is 48.3 Å². The van der Waals surface area contributed by atoms with Crippen LogP contribution in [0.5, 0.6) is 11.5 Å². The molecule has 0 amide bonds. The Morgan fingerprint density at radius 2 is 1.97 bits per heavy atom. The molecule has 1 N–H and O–H groups in total. The molecule has 2 aromatic carbocycles. The molecule has 4 aromatic rings. The Kier molecular flexibility index (Phi) is 5.51. The molecule has 0 fully saturated rings. The van der Waals surface area contributed by atoms with Gasteiger partial charge in [0.25, 0.3) is 5.56 Å². The molecule has 0 saturated heterocycles. The van der Waals surface area contributed by atoms with Crippen LogP contribution in [0, 0.1) is 0 Å². The first-order valence-electron chi connectivity index (χ1n) is 8.77. The Labute approximate surface area is 180 Å². The monoisotopic (exact) mass is 470 g/mol. The van der Waals surface area contributed by atoms with Gasteiger partial charge in [0.15, 0.2) is 5.52 Å². The Morgan fingerprint density at radius 1 is 1.14 bits per heavy atom. The van der Waals surface area contributed by atoms with Crippen molar-refractivity contribution >= 4 is 44.4 Å². The maximum Gasteiger partial charge on any atom is 0.277 e. The van der Waals surface area contributed by atoms with Gasteiger partial charge in [-0.15, -0.1) is 0 Å². The standard InChI is InChI=1S/C21H16BrClN4O2/c1-27(19-9-7-16-20(26-19)21(28)25-12-24-16)11-13-4-2-3-5-17(13)29-18-8-6-14(23)10-15(18)22/h2-10,12H,11H2,1H3,(H,24,25,28). The van der Waals surface area contributed by atoms with Gasteiger partial charge in [-0.2, -0.15) is 0 Å². The number of rotatable bonds is 5. The Bertz CT molecular complexity index is 1240. The smallest absolute Gasteiger partial charge is 0.277 e. The summed E-state index contributed by atoms with van der Waals surface area (Å²) in [5, 5.41) is 0.629. The van der Waals surface area contributed by atoms with E-state index in [0.29, 0.717) is 34.2 Å². The molecule has 2 aromatic heterocycles.